The lowest BCUT2D eigenvalue weighted by atomic mass is 9.88. The number of hydrogen-bond donors (Lipinski definition) is 0. The fraction of sp³-hybridized carbons (Fsp3) is 0.850. The van der Waals surface area contributed by atoms with Crippen LogP contribution in [0.4, 0.5) is 0 Å². The zero-order valence-electron chi connectivity index (χ0n) is 17.2. The molecule has 27 heavy (non-hydrogen) atoms. The summed E-state index contributed by atoms with van der Waals surface area (Å²) in [6, 6.07) is 0. The molecule has 0 aromatic heterocycles. The molecule has 1 fully saturated rings. The maximum atomic E-state index is 13.3. The summed E-state index contributed by atoms with van der Waals surface area (Å²) in [6.45, 7) is 5.14. The number of carbonyl (C=O) groups is 1. The number of carbonyl (C=O) groups excluding carboxylic acids is 1. The molecule has 1 saturated carbocycles. The molecule has 7 heteroatoms. The Morgan fingerprint density at radius 3 is 2.48 bits per heavy atom. The highest BCUT2D eigenvalue weighted by Gasteiger charge is 2.28. The average Bonchev–Trinajstić information content (AvgIpc) is 2.65. The molecule has 0 aromatic carbocycles. The van der Waals surface area contributed by atoms with Crippen molar-refractivity contribution in [1.82, 2.24) is 0 Å². The SMILES string of the molecule is CCOC(=O)/C(=C\C1CCCCC1)CP(=O)(CCCCOCOC)OCC. The van der Waals surface area contributed by atoms with Gasteiger partial charge in [-0.1, -0.05) is 25.3 Å². The average molecular weight is 404 g/mol. The number of hydrogen-bond acceptors (Lipinski definition) is 6. The summed E-state index contributed by atoms with van der Waals surface area (Å²) in [5, 5.41) is 0. The molecule has 1 aliphatic carbocycles. The smallest absolute Gasteiger partial charge is 0.334 e. The molecule has 0 aliphatic heterocycles. The maximum absolute atomic E-state index is 13.3. The van der Waals surface area contributed by atoms with Crippen molar-refractivity contribution in [3.05, 3.63) is 11.6 Å². The number of methoxy groups -OCH3 is 1. The molecule has 1 unspecified atom stereocenters. The molecule has 158 valence electrons. The van der Waals surface area contributed by atoms with E-state index in [-0.39, 0.29) is 18.9 Å². The number of esters is 1. The van der Waals surface area contributed by atoms with E-state index in [2.05, 4.69) is 0 Å². The molecule has 1 atom stereocenters. The van der Waals surface area contributed by atoms with Gasteiger partial charge in [0.25, 0.3) is 0 Å². The molecule has 0 spiro atoms. The van der Waals surface area contributed by atoms with Crippen molar-refractivity contribution in [3.63, 3.8) is 0 Å². The lowest BCUT2D eigenvalue weighted by molar-refractivity contribution is -0.138. The second kappa shape index (κ2) is 14.3. The van der Waals surface area contributed by atoms with Gasteiger partial charge in [0.2, 0.25) is 7.37 Å². The second-order valence-electron chi connectivity index (χ2n) is 6.95. The first kappa shape index (κ1) is 24.4. The summed E-state index contributed by atoms with van der Waals surface area (Å²) < 4.78 is 34.3. The van der Waals surface area contributed by atoms with Crippen LogP contribution in [0.15, 0.2) is 11.6 Å². The molecule has 0 bridgehead atoms. The van der Waals surface area contributed by atoms with Crippen LogP contribution < -0.4 is 0 Å². The highest BCUT2D eigenvalue weighted by molar-refractivity contribution is 7.59. The van der Waals surface area contributed by atoms with Crippen LogP contribution in [0, 0.1) is 5.92 Å². The first-order chi connectivity index (χ1) is 13.0. The number of ether oxygens (including phenoxy) is 3. The van der Waals surface area contributed by atoms with Crippen LogP contribution in [0.2, 0.25) is 0 Å². The van der Waals surface area contributed by atoms with Crippen LogP contribution >= 0.6 is 7.37 Å². The predicted molar refractivity (Wildman–Crippen MR) is 107 cm³/mol. The fourth-order valence-electron chi connectivity index (χ4n) is 3.38. The third-order valence-electron chi connectivity index (χ3n) is 4.64. The Kier molecular flexibility index (Phi) is 12.9. The van der Waals surface area contributed by atoms with Gasteiger partial charge in [-0.2, -0.15) is 0 Å². The van der Waals surface area contributed by atoms with Crippen LogP contribution in [0.25, 0.3) is 0 Å². The number of allylic oxidation sites excluding steroid dienone is 1. The van der Waals surface area contributed by atoms with Crippen LogP contribution in [-0.4, -0.2) is 52.0 Å². The summed E-state index contributed by atoms with van der Waals surface area (Å²) in [7, 11) is -1.35. The Labute approximate surface area is 164 Å². The van der Waals surface area contributed by atoms with Crippen LogP contribution in [0.5, 0.6) is 0 Å². The van der Waals surface area contributed by atoms with Gasteiger partial charge in [-0.3, -0.25) is 4.57 Å². The van der Waals surface area contributed by atoms with Crippen molar-refractivity contribution in [2.45, 2.75) is 58.8 Å². The number of unbranched alkanes of at least 4 members (excludes halogenated alkanes) is 1. The minimum absolute atomic E-state index is 0.162. The quantitative estimate of drug-likeness (QED) is 0.137. The van der Waals surface area contributed by atoms with Crippen LogP contribution in [0.1, 0.15) is 58.8 Å². The zero-order chi connectivity index (χ0) is 20.0. The normalized spacial score (nSPS) is 18.3. The molecule has 1 rings (SSSR count). The minimum atomic E-state index is -2.93. The topological polar surface area (TPSA) is 71.1 Å². The van der Waals surface area contributed by atoms with Crippen molar-refractivity contribution in [2.24, 2.45) is 5.92 Å². The fourth-order valence-corrected chi connectivity index (χ4v) is 5.69. The third-order valence-corrected chi connectivity index (χ3v) is 7.19. The first-order valence-corrected chi connectivity index (χ1v) is 12.2. The summed E-state index contributed by atoms with van der Waals surface area (Å²) in [5.74, 6) is 0.0158. The summed E-state index contributed by atoms with van der Waals surface area (Å²) in [4.78, 5) is 12.4. The Morgan fingerprint density at radius 1 is 1.11 bits per heavy atom. The van der Waals surface area contributed by atoms with Crippen molar-refractivity contribution in [1.29, 1.82) is 0 Å². The standard InChI is InChI=1S/C20H37O6P/c1-4-25-20(21)19(15-18-11-7-6-8-12-18)16-27(22,26-5-2)14-10-9-13-24-17-23-3/h15,18H,4-14,16-17H2,1-3H3/b19-15-. The summed E-state index contributed by atoms with van der Waals surface area (Å²) >= 11 is 0. The Morgan fingerprint density at radius 2 is 1.85 bits per heavy atom. The van der Waals surface area contributed by atoms with Gasteiger partial charge in [-0.05, 0) is 45.4 Å². The van der Waals surface area contributed by atoms with Crippen LogP contribution in [-0.2, 0) is 28.1 Å². The largest absolute Gasteiger partial charge is 0.463 e. The highest BCUT2D eigenvalue weighted by atomic mass is 31.2. The van der Waals surface area contributed by atoms with Gasteiger partial charge >= 0.3 is 5.97 Å². The van der Waals surface area contributed by atoms with Gasteiger partial charge < -0.3 is 18.7 Å². The molecule has 0 radical (unpaired) electrons. The first-order valence-electron chi connectivity index (χ1n) is 10.2. The van der Waals surface area contributed by atoms with E-state index in [1.807, 2.05) is 13.0 Å². The van der Waals surface area contributed by atoms with E-state index >= 15 is 0 Å². The van der Waals surface area contributed by atoms with Crippen molar-refractivity contribution < 1.29 is 28.1 Å². The predicted octanol–water partition coefficient (Wildman–Crippen LogP) is 4.77. The van der Waals surface area contributed by atoms with Gasteiger partial charge in [0.05, 0.1) is 19.4 Å². The van der Waals surface area contributed by atoms with E-state index in [0.29, 0.717) is 37.5 Å². The minimum Gasteiger partial charge on any atom is -0.463 e. The Bertz CT molecular complexity index is 485. The monoisotopic (exact) mass is 404 g/mol. The van der Waals surface area contributed by atoms with Gasteiger partial charge in [0.1, 0.15) is 6.79 Å². The summed E-state index contributed by atoms with van der Waals surface area (Å²) in [5.41, 5.74) is 0.524. The Balaban J connectivity index is 2.73. The molecule has 0 aromatic rings. The van der Waals surface area contributed by atoms with E-state index in [1.54, 1.807) is 14.0 Å². The maximum Gasteiger partial charge on any atom is 0.334 e. The lowest BCUT2D eigenvalue weighted by Gasteiger charge is -2.22. The number of rotatable bonds is 14. The second-order valence-corrected chi connectivity index (χ2v) is 9.60. The third kappa shape index (κ3) is 10.4. The van der Waals surface area contributed by atoms with Crippen molar-refractivity contribution in [2.75, 3.05) is 46.0 Å². The molecule has 0 heterocycles. The summed E-state index contributed by atoms with van der Waals surface area (Å²) in [6.07, 6.45) is 9.89. The zero-order valence-corrected chi connectivity index (χ0v) is 18.1. The van der Waals surface area contributed by atoms with Gasteiger partial charge in [-0.25, -0.2) is 4.79 Å². The van der Waals surface area contributed by atoms with E-state index < -0.39 is 7.37 Å². The van der Waals surface area contributed by atoms with Crippen LogP contribution in [0.3, 0.4) is 0 Å². The molecule has 6 nitrogen and oxygen atoms in total. The molecule has 0 saturated heterocycles. The van der Waals surface area contributed by atoms with Gasteiger partial charge in [0, 0.05) is 25.5 Å². The van der Waals surface area contributed by atoms with E-state index in [9.17, 15) is 9.36 Å². The molecule has 0 N–H and O–H groups in total. The molecule has 0 amide bonds. The van der Waals surface area contributed by atoms with Crippen molar-refractivity contribution >= 4 is 13.3 Å². The van der Waals surface area contributed by atoms with E-state index in [1.165, 1.54) is 19.3 Å². The van der Waals surface area contributed by atoms with E-state index in [0.717, 1.165) is 25.7 Å². The highest BCUT2D eigenvalue weighted by Crippen LogP contribution is 2.49. The molecular formula is C20H37O6P. The van der Waals surface area contributed by atoms with Gasteiger partial charge in [-0.15, -0.1) is 0 Å². The van der Waals surface area contributed by atoms with Crippen molar-refractivity contribution in [3.8, 4) is 0 Å². The van der Waals surface area contributed by atoms with E-state index in [4.69, 9.17) is 18.7 Å². The Hall–Kier alpha value is -0.680. The molecular weight excluding hydrogens is 367 g/mol. The molecule has 1 aliphatic rings. The van der Waals surface area contributed by atoms with Gasteiger partial charge in [0.15, 0.2) is 0 Å². The lowest BCUT2D eigenvalue weighted by Crippen LogP contribution is -2.16.